The Morgan fingerprint density at radius 2 is 1.73 bits per heavy atom. The fraction of sp³-hybridized carbons (Fsp3) is 0.368. The molecule has 2 aromatic carbocycles. The largest absolute Gasteiger partial charge is 0.316 e. The molecule has 0 bridgehead atoms. The van der Waals surface area contributed by atoms with Crippen molar-refractivity contribution in [1.29, 1.82) is 0 Å². The Morgan fingerprint density at radius 1 is 1.04 bits per heavy atom. The van der Waals surface area contributed by atoms with Crippen LogP contribution in [-0.2, 0) is 15.8 Å². The van der Waals surface area contributed by atoms with Crippen LogP contribution >= 0.6 is 12.4 Å². The average molecular weight is 397 g/mol. The van der Waals surface area contributed by atoms with Crippen LogP contribution in [0.25, 0.3) is 0 Å². The number of nitrogens with zero attached hydrogens (tertiary/aromatic N) is 1. The lowest BCUT2D eigenvalue weighted by Gasteiger charge is -2.27. The molecule has 0 amide bonds. The third-order valence-electron chi connectivity index (χ3n) is 5.32. The van der Waals surface area contributed by atoms with Crippen LogP contribution in [0.15, 0.2) is 54.6 Å². The first-order valence-electron chi connectivity index (χ1n) is 8.55. The first-order valence-corrected chi connectivity index (χ1v) is 10.2. The highest BCUT2D eigenvalue weighted by Gasteiger charge is 2.49. The number of halogens is 2. The second-order valence-electron chi connectivity index (χ2n) is 6.86. The summed E-state index contributed by atoms with van der Waals surface area (Å²) in [5.74, 6) is -0.197. The van der Waals surface area contributed by atoms with Gasteiger partial charge in [0, 0.05) is 18.7 Å². The van der Waals surface area contributed by atoms with Gasteiger partial charge < -0.3 is 5.32 Å². The molecule has 2 fully saturated rings. The smallest absolute Gasteiger partial charge is 0.218 e. The van der Waals surface area contributed by atoms with Crippen LogP contribution in [0.1, 0.15) is 17.2 Å². The normalized spacial score (nSPS) is 25.7. The zero-order chi connectivity index (χ0) is 17.4. The number of nitrogens with one attached hydrogen (secondary N) is 1. The van der Waals surface area contributed by atoms with Gasteiger partial charge in [-0.05, 0) is 30.0 Å². The maximum Gasteiger partial charge on any atom is 0.218 e. The van der Waals surface area contributed by atoms with Gasteiger partial charge in [-0.25, -0.2) is 12.8 Å². The molecule has 7 heteroatoms. The first kappa shape index (κ1) is 19.3. The summed E-state index contributed by atoms with van der Waals surface area (Å²) in [6.07, 6.45) is 0. The molecule has 0 aliphatic carbocycles. The van der Waals surface area contributed by atoms with Gasteiger partial charge in [0.2, 0.25) is 10.0 Å². The van der Waals surface area contributed by atoms with Crippen LogP contribution in [0.2, 0.25) is 0 Å². The molecule has 26 heavy (non-hydrogen) atoms. The maximum absolute atomic E-state index is 14.0. The highest BCUT2D eigenvalue weighted by molar-refractivity contribution is 7.88. The molecular weight excluding hydrogens is 375 g/mol. The first-order chi connectivity index (χ1) is 12.1. The predicted octanol–water partition coefficient (Wildman–Crippen LogP) is 2.97. The molecule has 3 atom stereocenters. The van der Waals surface area contributed by atoms with Crippen molar-refractivity contribution in [3.63, 3.8) is 0 Å². The lowest BCUT2D eigenvalue weighted by atomic mass is 9.90. The molecule has 0 saturated carbocycles. The summed E-state index contributed by atoms with van der Waals surface area (Å²) < 4.78 is 41.8. The molecule has 140 valence electrons. The summed E-state index contributed by atoms with van der Waals surface area (Å²) in [4.78, 5) is 0. The van der Waals surface area contributed by atoms with Crippen LogP contribution in [0.5, 0.6) is 0 Å². The number of rotatable bonds is 4. The zero-order valence-electron chi connectivity index (χ0n) is 14.2. The quantitative estimate of drug-likeness (QED) is 0.864. The second-order valence-corrected chi connectivity index (χ2v) is 8.78. The van der Waals surface area contributed by atoms with Crippen LogP contribution in [-0.4, -0.2) is 32.4 Å². The summed E-state index contributed by atoms with van der Waals surface area (Å²) in [5.41, 5.74) is 1.24. The minimum absolute atomic E-state index is 0. The molecule has 2 saturated heterocycles. The van der Waals surface area contributed by atoms with E-state index in [1.54, 1.807) is 22.5 Å². The van der Waals surface area contributed by atoms with E-state index in [4.69, 9.17) is 0 Å². The van der Waals surface area contributed by atoms with E-state index in [0.29, 0.717) is 12.5 Å². The Labute approximate surface area is 159 Å². The summed E-state index contributed by atoms with van der Waals surface area (Å²) in [5, 5.41) is 3.37. The highest BCUT2D eigenvalue weighted by Crippen LogP contribution is 2.44. The van der Waals surface area contributed by atoms with E-state index in [1.807, 2.05) is 30.3 Å². The fourth-order valence-corrected chi connectivity index (χ4v) is 5.96. The number of fused-ring (bicyclic) bond motifs is 1. The number of sulfonamides is 1. The van der Waals surface area contributed by atoms with Gasteiger partial charge >= 0.3 is 0 Å². The van der Waals surface area contributed by atoms with Crippen molar-refractivity contribution in [3.05, 3.63) is 71.5 Å². The molecule has 2 aliphatic heterocycles. The highest BCUT2D eigenvalue weighted by atomic mass is 35.5. The fourth-order valence-electron chi connectivity index (χ4n) is 4.13. The molecule has 2 aromatic rings. The third-order valence-corrected chi connectivity index (χ3v) is 7.08. The van der Waals surface area contributed by atoms with Gasteiger partial charge in [-0.1, -0.05) is 48.5 Å². The minimum atomic E-state index is -3.61. The Morgan fingerprint density at radius 3 is 2.46 bits per heavy atom. The Kier molecular flexibility index (Phi) is 5.67. The molecule has 0 aromatic heterocycles. The maximum atomic E-state index is 14.0. The molecular formula is C19H22ClFN2O2S. The van der Waals surface area contributed by atoms with Gasteiger partial charge in [-0.2, -0.15) is 4.31 Å². The third kappa shape index (κ3) is 3.51. The van der Waals surface area contributed by atoms with Crippen LogP contribution in [0, 0.1) is 17.7 Å². The Hall–Kier alpha value is -1.47. The van der Waals surface area contributed by atoms with E-state index in [2.05, 4.69) is 5.32 Å². The lowest BCUT2D eigenvalue weighted by Crippen LogP contribution is -2.35. The van der Waals surface area contributed by atoms with Crippen molar-refractivity contribution >= 4 is 22.4 Å². The predicted molar refractivity (Wildman–Crippen MR) is 102 cm³/mol. The molecule has 0 unspecified atom stereocenters. The van der Waals surface area contributed by atoms with Crippen LogP contribution in [0.4, 0.5) is 4.39 Å². The molecule has 0 spiro atoms. The molecule has 2 aliphatic rings. The van der Waals surface area contributed by atoms with Gasteiger partial charge in [-0.3, -0.25) is 0 Å². The van der Waals surface area contributed by atoms with Crippen molar-refractivity contribution in [2.45, 2.75) is 11.8 Å². The van der Waals surface area contributed by atoms with E-state index in [1.165, 1.54) is 6.07 Å². The van der Waals surface area contributed by atoms with Crippen LogP contribution < -0.4 is 5.32 Å². The summed E-state index contributed by atoms with van der Waals surface area (Å²) in [7, 11) is -3.61. The number of benzene rings is 2. The second kappa shape index (κ2) is 7.64. The Balaban J connectivity index is 0.00000196. The van der Waals surface area contributed by atoms with Gasteiger partial charge in [0.25, 0.3) is 0 Å². The van der Waals surface area contributed by atoms with Crippen molar-refractivity contribution in [2.75, 3.05) is 19.6 Å². The summed E-state index contributed by atoms with van der Waals surface area (Å²) in [6.45, 7) is 2.14. The standard InChI is InChI=1S/C19H21FN2O2S.ClH/c20-18-9-5-4-8-15(18)13-25(23,24)22-12-16-10-21-11-17(16)19(22)14-6-2-1-3-7-14;/h1-9,16-17,19,21H,10-13H2;1H/t16-,17-,19+;/m0./s1. The van der Waals surface area contributed by atoms with E-state index in [9.17, 15) is 12.8 Å². The number of hydrogen-bond acceptors (Lipinski definition) is 3. The molecule has 4 nitrogen and oxygen atoms in total. The monoisotopic (exact) mass is 396 g/mol. The van der Waals surface area contributed by atoms with E-state index >= 15 is 0 Å². The molecule has 1 N–H and O–H groups in total. The van der Waals surface area contributed by atoms with Gasteiger partial charge in [0.15, 0.2) is 0 Å². The molecule has 0 radical (unpaired) electrons. The van der Waals surface area contributed by atoms with E-state index in [0.717, 1.165) is 18.7 Å². The van der Waals surface area contributed by atoms with Gasteiger partial charge in [-0.15, -0.1) is 12.4 Å². The van der Waals surface area contributed by atoms with Crippen molar-refractivity contribution in [1.82, 2.24) is 9.62 Å². The summed E-state index contributed by atoms with van der Waals surface area (Å²) in [6, 6.07) is 15.7. The van der Waals surface area contributed by atoms with Gasteiger partial charge in [0.1, 0.15) is 5.82 Å². The molecule has 2 heterocycles. The minimum Gasteiger partial charge on any atom is -0.316 e. The summed E-state index contributed by atoms with van der Waals surface area (Å²) >= 11 is 0. The SMILES string of the molecule is Cl.O=S(=O)(Cc1ccccc1F)N1C[C@@H]2CNC[C@@H]2[C@H]1c1ccccc1. The zero-order valence-corrected chi connectivity index (χ0v) is 15.8. The Bertz CT molecular complexity index is 863. The van der Waals surface area contributed by atoms with Crippen molar-refractivity contribution in [2.24, 2.45) is 11.8 Å². The van der Waals surface area contributed by atoms with E-state index < -0.39 is 15.8 Å². The van der Waals surface area contributed by atoms with Crippen molar-refractivity contribution in [3.8, 4) is 0 Å². The van der Waals surface area contributed by atoms with Crippen molar-refractivity contribution < 1.29 is 12.8 Å². The lowest BCUT2D eigenvalue weighted by molar-refractivity contribution is 0.345. The van der Waals surface area contributed by atoms with Gasteiger partial charge in [0.05, 0.1) is 11.8 Å². The number of hydrogen-bond donors (Lipinski definition) is 1. The average Bonchev–Trinajstić information content (AvgIpc) is 3.19. The molecule has 4 rings (SSSR count). The topological polar surface area (TPSA) is 49.4 Å². The van der Waals surface area contributed by atoms with E-state index in [-0.39, 0.29) is 35.7 Å². The van der Waals surface area contributed by atoms with Crippen LogP contribution in [0.3, 0.4) is 0 Å².